The van der Waals surface area contributed by atoms with E-state index in [1.165, 1.54) is 14.0 Å². The highest BCUT2D eigenvalue weighted by molar-refractivity contribution is 6.15. The molecule has 0 fully saturated rings. The number of nitrogens with one attached hydrogen (secondary N) is 1. The number of ether oxygens (including phenoxy) is 1. The van der Waals surface area contributed by atoms with Gasteiger partial charge in [0.1, 0.15) is 12.3 Å². The van der Waals surface area contributed by atoms with Crippen molar-refractivity contribution in [1.29, 1.82) is 0 Å². The highest BCUT2D eigenvalue weighted by Crippen LogP contribution is 2.09. The first-order valence-electron chi connectivity index (χ1n) is 4.85. The molecular weight excluding hydrogens is 212 g/mol. The third-order valence-electron chi connectivity index (χ3n) is 2.31. The number of methoxy groups -OCH3 is 1. The monoisotopic (exact) mass is 226 g/mol. The number of nitrogens with zero attached hydrogens (tertiary/aromatic N) is 1. The quantitative estimate of drug-likeness (QED) is 0.513. The topological polar surface area (TPSA) is 75.7 Å². The molecule has 1 heterocycles. The molecule has 6 nitrogen and oxygen atoms in total. The largest absolute Gasteiger partial charge is 0.362 e. The first kappa shape index (κ1) is 12.4. The molecule has 88 valence electrons. The van der Waals surface area contributed by atoms with Gasteiger partial charge in [-0.25, -0.2) is 0 Å². The van der Waals surface area contributed by atoms with Crippen LogP contribution in [0.1, 0.15) is 13.8 Å². The molecule has 1 rings (SSSR count). The maximum Gasteiger partial charge on any atom is 0.254 e. The van der Waals surface area contributed by atoms with Crippen molar-refractivity contribution in [2.45, 2.75) is 26.1 Å². The fourth-order valence-electron chi connectivity index (χ4n) is 1.29. The van der Waals surface area contributed by atoms with Crippen molar-refractivity contribution in [1.82, 2.24) is 10.2 Å². The molecule has 2 atom stereocenters. The van der Waals surface area contributed by atoms with Crippen LogP contribution < -0.4 is 5.32 Å². The smallest absolute Gasteiger partial charge is 0.254 e. The second-order valence-corrected chi connectivity index (χ2v) is 3.44. The zero-order chi connectivity index (χ0) is 12.3. The van der Waals surface area contributed by atoms with Crippen LogP contribution in [0.2, 0.25) is 0 Å². The molecule has 1 N–H and O–H groups in total. The van der Waals surface area contributed by atoms with E-state index >= 15 is 0 Å². The van der Waals surface area contributed by atoms with Crippen LogP contribution in [-0.2, 0) is 19.1 Å². The van der Waals surface area contributed by atoms with Crippen molar-refractivity contribution in [3.8, 4) is 0 Å². The molecule has 6 heteroatoms. The molecule has 0 aliphatic carbocycles. The van der Waals surface area contributed by atoms with Gasteiger partial charge in [0.2, 0.25) is 5.91 Å². The van der Waals surface area contributed by atoms with Gasteiger partial charge in [-0.3, -0.25) is 19.3 Å². The molecule has 1 aliphatic rings. The summed E-state index contributed by atoms with van der Waals surface area (Å²) in [5.74, 6) is -1.38. The summed E-state index contributed by atoms with van der Waals surface area (Å²) in [5.41, 5.74) is 0. The third kappa shape index (κ3) is 2.46. The molecule has 0 spiro atoms. The molecule has 2 unspecified atom stereocenters. The van der Waals surface area contributed by atoms with Gasteiger partial charge in [-0.2, -0.15) is 0 Å². The lowest BCUT2D eigenvalue weighted by Crippen LogP contribution is -2.50. The average Bonchev–Trinajstić information content (AvgIpc) is 2.57. The number of imide groups is 1. The number of rotatable bonds is 4. The molecule has 0 saturated carbocycles. The number of carbonyl (C=O) groups is 3. The second kappa shape index (κ2) is 4.89. The van der Waals surface area contributed by atoms with E-state index in [9.17, 15) is 14.4 Å². The lowest BCUT2D eigenvalue weighted by molar-refractivity contribution is -0.145. The van der Waals surface area contributed by atoms with Gasteiger partial charge in [-0.1, -0.05) is 0 Å². The summed E-state index contributed by atoms with van der Waals surface area (Å²) in [4.78, 5) is 35.1. The molecule has 0 bridgehead atoms. The fourth-order valence-corrected chi connectivity index (χ4v) is 1.29. The number of hydrogen-bond donors (Lipinski definition) is 1. The number of carbonyl (C=O) groups excluding carboxylic acids is 3. The van der Waals surface area contributed by atoms with Gasteiger partial charge in [-0.15, -0.1) is 0 Å². The summed E-state index contributed by atoms with van der Waals surface area (Å²) < 4.78 is 4.85. The summed E-state index contributed by atoms with van der Waals surface area (Å²) in [6.45, 7) is 3.14. The first-order valence-corrected chi connectivity index (χ1v) is 4.85. The summed E-state index contributed by atoms with van der Waals surface area (Å²) in [5, 5.41) is 2.51. The Kier molecular flexibility index (Phi) is 3.78. The van der Waals surface area contributed by atoms with E-state index in [-0.39, 0.29) is 0 Å². The zero-order valence-electron chi connectivity index (χ0n) is 9.39. The fraction of sp³-hybridized carbons (Fsp3) is 0.500. The molecule has 3 amide bonds. The van der Waals surface area contributed by atoms with Gasteiger partial charge in [0.15, 0.2) is 0 Å². The normalized spacial score (nSPS) is 18.8. The summed E-state index contributed by atoms with van der Waals surface area (Å²) >= 11 is 0. The molecule has 0 aromatic heterocycles. The van der Waals surface area contributed by atoms with E-state index in [1.807, 2.05) is 0 Å². The number of hydrogen-bond acceptors (Lipinski definition) is 4. The summed E-state index contributed by atoms with van der Waals surface area (Å²) in [6.07, 6.45) is 1.83. The molecule has 0 radical (unpaired) electrons. The van der Waals surface area contributed by atoms with E-state index in [2.05, 4.69) is 5.32 Å². The highest BCUT2D eigenvalue weighted by Gasteiger charge is 2.32. The zero-order valence-corrected chi connectivity index (χ0v) is 9.39. The van der Waals surface area contributed by atoms with Crippen molar-refractivity contribution < 1.29 is 19.1 Å². The Morgan fingerprint density at radius 3 is 2.25 bits per heavy atom. The van der Waals surface area contributed by atoms with Crippen LogP contribution in [0.25, 0.3) is 0 Å². The van der Waals surface area contributed by atoms with Gasteiger partial charge < -0.3 is 10.1 Å². The van der Waals surface area contributed by atoms with Crippen LogP contribution in [0, 0.1) is 0 Å². The summed E-state index contributed by atoms with van der Waals surface area (Å²) in [7, 11) is 1.45. The van der Waals surface area contributed by atoms with Crippen LogP contribution in [0.4, 0.5) is 0 Å². The standard InChI is InChI=1S/C10H14N2O4/c1-6(10(15)11-7(2)16-3)12-8(13)4-5-9(12)14/h4-7H,1-3H3,(H,11,15). The Hall–Kier alpha value is -1.69. The van der Waals surface area contributed by atoms with E-state index in [1.54, 1.807) is 6.92 Å². The molecule has 0 aromatic carbocycles. The van der Waals surface area contributed by atoms with Crippen LogP contribution in [0.5, 0.6) is 0 Å². The minimum atomic E-state index is -0.840. The van der Waals surface area contributed by atoms with Gasteiger partial charge in [-0.05, 0) is 13.8 Å². The van der Waals surface area contributed by atoms with Crippen LogP contribution in [0.15, 0.2) is 12.2 Å². The average molecular weight is 226 g/mol. The Morgan fingerprint density at radius 1 is 1.31 bits per heavy atom. The molecule has 16 heavy (non-hydrogen) atoms. The van der Waals surface area contributed by atoms with Crippen molar-refractivity contribution in [2.24, 2.45) is 0 Å². The Morgan fingerprint density at radius 2 is 1.81 bits per heavy atom. The van der Waals surface area contributed by atoms with Crippen molar-refractivity contribution in [3.05, 3.63) is 12.2 Å². The Balaban J connectivity index is 2.64. The lowest BCUT2D eigenvalue weighted by atomic mass is 10.2. The van der Waals surface area contributed by atoms with E-state index < -0.39 is 30.0 Å². The molecule has 0 saturated heterocycles. The van der Waals surface area contributed by atoms with Gasteiger partial charge in [0.05, 0.1) is 0 Å². The van der Waals surface area contributed by atoms with Crippen LogP contribution in [0.3, 0.4) is 0 Å². The molecular formula is C10H14N2O4. The predicted molar refractivity (Wildman–Crippen MR) is 55.1 cm³/mol. The molecule has 1 aliphatic heterocycles. The maximum absolute atomic E-state index is 11.6. The Labute approximate surface area is 93.2 Å². The summed E-state index contributed by atoms with van der Waals surface area (Å²) in [6, 6.07) is -0.840. The lowest BCUT2D eigenvalue weighted by Gasteiger charge is -2.23. The maximum atomic E-state index is 11.6. The highest BCUT2D eigenvalue weighted by atomic mass is 16.5. The van der Waals surface area contributed by atoms with Crippen LogP contribution in [-0.4, -0.2) is 42.0 Å². The number of amides is 3. The molecule has 0 aromatic rings. The SMILES string of the molecule is COC(C)NC(=O)C(C)N1C(=O)C=CC1=O. The van der Waals surface area contributed by atoms with Gasteiger partial charge >= 0.3 is 0 Å². The van der Waals surface area contributed by atoms with Crippen LogP contribution >= 0.6 is 0 Å². The Bertz CT molecular complexity index is 333. The second-order valence-electron chi connectivity index (χ2n) is 3.44. The van der Waals surface area contributed by atoms with E-state index in [0.29, 0.717) is 0 Å². The van der Waals surface area contributed by atoms with Crippen molar-refractivity contribution in [2.75, 3.05) is 7.11 Å². The minimum Gasteiger partial charge on any atom is -0.362 e. The van der Waals surface area contributed by atoms with E-state index in [4.69, 9.17) is 4.74 Å². The predicted octanol–water partition coefficient (Wildman–Crippen LogP) is -0.592. The van der Waals surface area contributed by atoms with Gasteiger partial charge in [0, 0.05) is 19.3 Å². The third-order valence-corrected chi connectivity index (χ3v) is 2.31. The first-order chi connectivity index (χ1) is 7.47. The van der Waals surface area contributed by atoms with Crippen molar-refractivity contribution >= 4 is 17.7 Å². The van der Waals surface area contributed by atoms with Gasteiger partial charge in [0.25, 0.3) is 11.8 Å². The van der Waals surface area contributed by atoms with E-state index in [0.717, 1.165) is 17.1 Å². The van der Waals surface area contributed by atoms with Crippen molar-refractivity contribution in [3.63, 3.8) is 0 Å². The minimum absolute atomic E-state index is 0.431.